The van der Waals surface area contributed by atoms with E-state index in [9.17, 15) is 0 Å². The molecule has 0 saturated carbocycles. The zero-order chi connectivity index (χ0) is 8.85. The van der Waals surface area contributed by atoms with Gasteiger partial charge in [-0.2, -0.15) is 0 Å². The average Bonchev–Trinajstić information content (AvgIpc) is 1.98. The minimum Gasteiger partial charge on any atom is -0.222 e. The van der Waals surface area contributed by atoms with E-state index in [1.807, 2.05) is 0 Å². The summed E-state index contributed by atoms with van der Waals surface area (Å²) in [5.74, 6) is 0. The molecule has 0 heterocycles. The highest BCUT2D eigenvalue weighted by Crippen LogP contribution is 2.19. The summed E-state index contributed by atoms with van der Waals surface area (Å²) in [4.78, 5) is 0. The third-order valence-electron chi connectivity index (χ3n) is 1.12. The lowest BCUT2D eigenvalue weighted by molar-refractivity contribution is 0.634. The molecule has 0 spiro atoms. The van der Waals surface area contributed by atoms with Gasteiger partial charge in [0, 0.05) is 29.4 Å². The van der Waals surface area contributed by atoms with Gasteiger partial charge in [0.05, 0.1) is 0 Å². The van der Waals surface area contributed by atoms with Gasteiger partial charge in [-0.3, -0.25) is 0 Å². The fourth-order valence-corrected chi connectivity index (χ4v) is 1.76. The highest BCUT2D eigenvalue weighted by molar-refractivity contribution is 14.1. The Hall–Kier alpha value is 1.13. The molecule has 1 nitrogen and oxygen atoms in total. The fraction of sp³-hybridized carbons (Fsp3) is 0.714. The molecule has 4 heteroatoms. The van der Waals surface area contributed by atoms with Gasteiger partial charge in [0.2, 0.25) is 0 Å². The molecule has 1 atom stereocenters. The van der Waals surface area contributed by atoms with E-state index in [2.05, 4.69) is 64.8 Å². The maximum atomic E-state index is 4.38. The Bertz CT molecular complexity index is 134. The zero-order valence-electron chi connectivity index (χ0n) is 7.04. The van der Waals surface area contributed by atoms with Gasteiger partial charge >= 0.3 is 0 Å². The summed E-state index contributed by atoms with van der Waals surface area (Å²) in [6.07, 6.45) is 4.26. The van der Waals surface area contributed by atoms with Gasteiger partial charge in [-0.15, -0.1) is 24.4 Å². The highest BCUT2D eigenvalue weighted by atomic mass is 127. The van der Waals surface area contributed by atoms with E-state index in [-0.39, 0.29) is 0 Å². The molecule has 0 bridgehead atoms. The normalized spacial score (nSPS) is 13.3. The molecule has 0 radical (unpaired) electrons. The number of nitrogens with zero attached hydrogens (tertiary/aromatic N) is 1. The van der Waals surface area contributed by atoms with E-state index in [1.165, 1.54) is 5.57 Å². The lowest BCUT2D eigenvalue weighted by atomic mass is 10.3. The number of halogens is 1. The molecule has 0 N–H and O–H groups in total. The second-order valence-electron chi connectivity index (χ2n) is 2.43. The lowest BCUT2D eigenvalue weighted by Crippen LogP contribution is -2.17. The van der Waals surface area contributed by atoms with Crippen LogP contribution in [0.15, 0.2) is 11.6 Å². The lowest BCUT2D eigenvalue weighted by Gasteiger charge is -2.17. The van der Waals surface area contributed by atoms with E-state index in [0.717, 1.165) is 6.54 Å². The Balaban J connectivity index is 3.68. The Morgan fingerprint density at radius 2 is 2.27 bits per heavy atom. The first-order valence-corrected chi connectivity index (χ1v) is 6.11. The number of hydrogen-bond acceptors (Lipinski definition) is 3. The summed E-state index contributed by atoms with van der Waals surface area (Å²) in [6, 6.07) is 0. The summed E-state index contributed by atoms with van der Waals surface area (Å²) in [6.45, 7) is 5.19. The van der Waals surface area contributed by atoms with Crippen LogP contribution in [-0.4, -0.2) is 20.6 Å². The van der Waals surface area contributed by atoms with Gasteiger partial charge in [0.15, 0.2) is 0 Å². The molecule has 66 valence electrons. The van der Waals surface area contributed by atoms with Crippen LogP contribution < -0.4 is 0 Å². The van der Waals surface area contributed by atoms with Crippen LogP contribution in [-0.2, 0) is 0 Å². The Morgan fingerprint density at radius 1 is 1.73 bits per heavy atom. The van der Waals surface area contributed by atoms with Crippen molar-refractivity contribution in [2.45, 2.75) is 18.6 Å². The second kappa shape index (κ2) is 6.62. The topological polar surface area (TPSA) is 3.24 Å². The number of rotatable bonds is 4. The molecule has 11 heavy (non-hydrogen) atoms. The van der Waals surface area contributed by atoms with Crippen molar-refractivity contribution in [3.63, 3.8) is 0 Å². The molecular weight excluding hydrogens is 289 g/mol. The van der Waals surface area contributed by atoms with Gasteiger partial charge in [0.25, 0.3) is 0 Å². The molecule has 0 aromatic rings. The molecule has 0 aromatic heterocycles. The predicted octanol–water partition coefficient (Wildman–Crippen LogP) is 3.18. The van der Waals surface area contributed by atoms with Gasteiger partial charge in [-0.25, -0.2) is 3.11 Å². The van der Waals surface area contributed by atoms with E-state index >= 15 is 0 Å². The standard InChI is InChI=1S/C7H14INS2/c1-6(2)4-5-9(8)7(10)11-3/h4,7,10H,5H2,1-3H3. The van der Waals surface area contributed by atoms with Crippen molar-refractivity contribution >= 4 is 47.3 Å². The molecule has 0 aliphatic heterocycles. The molecule has 0 aromatic carbocycles. The molecule has 1 unspecified atom stereocenters. The van der Waals surface area contributed by atoms with E-state index in [4.69, 9.17) is 0 Å². The van der Waals surface area contributed by atoms with Crippen molar-refractivity contribution < 1.29 is 0 Å². The van der Waals surface area contributed by atoms with Gasteiger partial charge in [-0.1, -0.05) is 11.6 Å². The number of hydrogen-bond donors (Lipinski definition) is 1. The van der Waals surface area contributed by atoms with Crippen molar-refractivity contribution in [3.05, 3.63) is 11.6 Å². The SMILES string of the molecule is CSC(S)N(I)CC=C(C)C. The van der Waals surface area contributed by atoms with Crippen LogP contribution in [0.25, 0.3) is 0 Å². The van der Waals surface area contributed by atoms with Crippen LogP contribution in [0.1, 0.15) is 13.8 Å². The monoisotopic (exact) mass is 303 g/mol. The number of thioether (sulfide) groups is 1. The number of allylic oxidation sites excluding steroid dienone is 1. The van der Waals surface area contributed by atoms with Crippen LogP contribution in [0.2, 0.25) is 0 Å². The Kier molecular flexibility index (Phi) is 7.31. The second-order valence-corrected chi connectivity index (χ2v) is 5.42. The summed E-state index contributed by atoms with van der Waals surface area (Å²) in [5.41, 5.74) is 1.35. The summed E-state index contributed by atoms with van der Waals surface area (Å²) < 4.78 is 2.46. The van der Waals surface area contributed by atoms with Crippen LogP contribution in [0, 0.1) is 0 Å². The third-order valence-corrected chi connectivity index (χ3v) is 4.48. The van der Waals surface area contributed by atoms with Crippen LogP contribution >= 0.6 is 47.3 Å². The van der Waals surface area contributed by atoms with Crippen LogP contribution in [0.3, 0.4) is 0 Å². The average molecular weight is 303 g/mol. The minimum absolute atomic E-state index is 0.297. The molecule has 0 amide bonds. The van der Waals surface area contributed by atoms with Crippen molar-refractivity contribution in [1.82, 2.24) is 3.11 Å². The van der Waals surface area contributed by atoms with Gasteiger partial charge < -0.3 is 0 Å². The predicted molar refractivity (Wildman–Crippen MR) is 66.4 cm³/mol. The molecular formula is C7H14INS2. The number of thiol groups is 1. The van der Waals surface area contributed by atoms with Crippen molar-refractivity contribution in [2.75, 3.05) is 12.8 Å². The molecule has 0 saturated heterocycles. The zero-order valence-corrected chi connectivity index (χ0v) is 10.9. The maximum absolute atomic E-state index is 4.38. The fourth-order valence-electron chi connectivity index (χ4n) is 0.474. The highest BCUT2D eigenvalue weighted by Gasteiger charge is 2.06. The van der Waals surface area contributed by atoms with Crippen LogP contribution in [0.5, 0.6) is 0 Å². The summed E-state index contributed by atoms with van der Waals surface area (Å²) in [5, 5.41) is 0. The molecule has 0 rings (SSSR count). The Morgan fingerprint density at radius 3 is 2.64 bits per heavy atom. The van der Waals surface area contributed by atoms with Gasteiger partial charge in [-0.05, 0) is 20.1 Å². The first-order chi connectivity index (χ1) is 5.07. The summed E-state index contributed by atoms with van der Waals surface area (Å²) in [7, 11) is 0. The summed E-state index contributed by atoms with van der Waals surface area (Å²) >= 11 is 8.41. The van der Waals surface area contributed by atoms with E-state index in [0.29, 0.717) is 4.71 Å². The minimum atomic E-state index is 0.297. The maximum Gasteiger partial charge on any atom is 0.108 e. The first-order valence-electron chi connectivity index (χ1n) is 3.34. The Labute approximate surface area is 92.9 Å². The van der Waals surface area contributed by atoms with Crippen molar-refractivity contribution in [1.29, 1.82) is 0 Å². The van der Waals surface area contributed by atoms with Crippen LogP contribution in [0.4, 0.5) is 0 Å². The molecule has 0 fully saturated rings. The first kappa shape index (κ1) is 12.1. The molecule has 0 aliphatic rings. The third kappa shape index (κ3) is 6.31. The quantitative estimate of drug-likeness (QED) is 0.279. The smallest absolute Gasteiger partial charge is 0.108 e. The largest absolute Gasteiger partial charge is 0.222 e. The molecule has 0 aliphatic carbocycles. The van der Waals surface area contributed by atoms with Gasteiger partial charge in [0.1, 0.15) is 4.71 Å². The van der Waals surface area contributed by atoms with E-state index in [1.54, 1.807) is 11.8 Å². The van der Waals surface area contributed by atoms with Crippen molar-refractivity contribution in [2.24, 2.45) is 0 Å². The van der Waals surface area contributed by atoms with E-state index < -0.39 is 0 Å². The van der Waals surface area contributed by atoms with Crippen molar-refractivity contribution in [3.8, 4) is 0 Å².